The first kappa shape index (κ1) is 19.4. The molecule has 6 nitrogen and oxygen atoms in total. The van der Waals surface area contributed by atoms with Crippen LogP contribution in [0.25, 0.3) is 16.7 Å². The molecule has 0 atom stereocenters. The Balaban J connectivity index is 1.49. The smallest absolute Gasteiger partial charge is 0.262 e. The van der Waals surface area contributed by atoms with Crippen LogP contribution in [0.4, 0.5) is 5.69 Å². The number of ether oxygens (including phenoxy) is 1. The van der Waals surface area contributed by atoms with Crippen molar-refractivity contribution in [2.45, 2.75) is 6.92 Å². The highest BCUT2D eigenvalue weighted by atomic mass is 79.9. The van der Waals surface area contributed by atoms with Gasteiger partial charge in [0.05, 0.1) is 5.69 Å². The largest absolute Gasteiger partial charge is 0.484 e. The Kier molecular flexibility index (Phi) is 5.51. The number of rotatable bonds is 5. The third kappa shape index (κ3) is 4.58. The van der Waals surface area contributed by atoms with Gasteiger partial charge in [-0.05, 0) is 73.2 Å². The van der Waals surface area contributed by atoms with E-state index in [1.54, 1.807) is 29.1 Å². The summed E-state index contributed by atoms with van der Waals surface area (Å²) in [6, 6.07) is 18.3. The predicted molar refractivity (Wildman–Crippen MR) is 117 cm³/mol. The summed E-state index contributed by atoms with van der Waals surface area (Å²) in [6.07, 6.45) is 0. The molecule has 3 aromatic carbocycles. The number of nitrogens with one attached hydrogen (secondary N) is 1. The molecule has 0 aliphatic rings. The molecule has 0 fully saturated rings. The maximum absolute atomic E-state index is 12.3. The molecule has 4 aromatic rings. The van der Waals surface area contributed by atoms with Gasteiger partial charge in [0.25, 0.3) is 5.91 Å². The second-order valence-electron chi connectivity index (χ2n) is 6.41. The minimum atomic E-state index is -0.250. The standard InChI is InChI=1S/C21H16BrClN4O2/c1-13-10-19-20(26-27(25-19)16-6-4-15(23)5-7-16)11-18(13)24-21(28)12-29-17-8-2-14(22)3-9-17/h2-11H,12H2,1H3,(H,24,28). The number of anilines is 1. The molecular formula is C21H16BrClN4O2. The lowest BCUT2D eigenvalue weighted by molar-refractivity contribution is -0.118. The molecule has 0 aliphatic heterocycles. The highest BCUT2D eigenvalue weighted by Gasteiger charge is 2.11. The van der Waals surface area contributed by atoms with Crippen molar-refractivity contribution in [1.29, 1.82) is 0 Å². The number of hydrogen-bond acceptors (Lipinski definition) is 4. The van der Waals surface area contributed by atoms with Crippen LogP contribution in [0.15, 0.2) is 65.1 Å². The molecule has 0 bridgehead atoms. The highest BCUT2D eigenvalue weighted by molar-refractivity contribution is 9.10. The third-order valence-corrected chi connectivity index (χ3v) is 5.02. The van der Waals surface area contributed by atoms with Gasteiger partial charge in [-0.2, -0.15) is 4.80 Å². The van der Waals surface area contributed by atoms with E-state index in [0.717, 1.165) is 21.2 Å². The molecule has 0 saturated heterocycles. The molecule has 1 N–H and O–H groups in total. The molecule has 1 heterocycles. The summed E-state index contributed by atoms with van der Waals surface area (Å²) in [7, 11) is 0. The van der Waals surface area contributed by atoms with Gasteiger partial charge in [0.1, 0.15) is 16.8 Å². The molecule has 4 rings (SSSR count). The molecule has 0 radical (unpaired) electrons. The fraction of sp³-hybridized carbons (Fsp3) is 0.0952. The monoisotopic (exact) mass is 470 g/mol. The van der Waals surface area contributed by atoms with E-state index in [1.807, 2.05) is 43.3 Å². The Morgan fingerprint density at radius 3 is 2.41 bits per heavy atom. The summed E-state index contributed by atoms with van der Waals surface area (Å²) in [4.78, 5) is 13.8. The van der Waals surface area contributed by atoms with Crippen LogP contribution in [0, 0.1) is 6.92 Å². The normalized spacial score (nSPS) is 10.9. The molecule has 0 saturated carbocycles. The molecule has 1 aromatic heterocycles. The molecule has 29 heavy (non-hydrogen) atoms. The van der Waals surface area contributed by atoms with Gasteiger partial charge in [-0.15, -0.1) is 10.2 Å². The maximum atomic E-state index is 12.3. The van der Waals surface area contributed by atoms with Crippen molar-refractivity contribution in [2.75, 3.05) is 11.9 Å². The second kappa shape index (κ2) is 8.23. The zero-order valence-corrected chi connectivity index (χ0v) is 17.7. The Hall–Kier alpha value is -2.90. The van der Waals surface area contributed by atoms with Crippen LogP contribution in [0.1, 0.15) is 5.56 Å². The van der Waals surface area contributed by atoms with Gasteiger partial charge < -0.3 is 10.1 Å². The molecule has 0 unspecified atom stereocenters. The van der Waals surface area contributed by atoms with Gasteiger partial charge in [-0.3, -0.25) is 4.79 Å². The van der Waals surface area contributed by atoms with Crippen LogP contribution in [-0.4, -0.2) is 27.5 Å². The molecule has 0 spiro atoms. The fourth-order valence-corrected chi connectivity index (χ4v) is 3.15. The van der Waals surface area contributed by atoms with Crippen LogP contribution in [0.3, 0.4) is 0 Å². The van der Waals surface area contributed by atoms with E-state index in [9.17, 15) is 4.79 Å². The van der Waals surface area contributed by atoms with E-state index in [1.165, 1.54) is 0 Å². The summed E-state index contributed by atoms with van der Waals surface area (Å²) >= 11 is 9.30. The lowest BCUT2D eigenvalue weighted by atomic mass is 10.1. The number of hydrogen-bond donors (Lipinski definition) is 1. The summed E-state index contributed by atoms with van der Waals surface area (Å²) in [6.45, 7) is 1.82. The van der Waals surface area contributed by atoms with Crippen molar-refractivity contribution in [2.24, 2.45) is 0 Å². The first-order valence-electron chi connectivity index (χ1n) is 8.80. The second-order valence-corrected chi connectivity index (χ2v) is 7.76. The number of halogens is 2. The lowest BCUT2D eigenvalue weighted by Gasteiger charge is -2.09. The zero-order chi connectivity index (χ0) is 20.4. The van der Waals surface area contributed by atoms with Gasteiger partial charge in [-0.25, -0.2) is 0 Å². The van der Waals surface area contributed by atoms with Gasteiger partial charge in [0.2, 0.25) is 0 Å². The van der Waals surface area contributed by atoms with Crippen molar-refractivity contribution < 1.29 is 9.53 Å². The van der Waals surface area contributed by atoms with Gasteiger partial charge in [-0.1, -0.05) is 27.5 Å². The van der Waals surface area contributed by atoms with Crippen LogP contribution in [-0.2, 0) is 4.79 Å². The van der Waals surface area contributed by atoms with Crippen molar-refractivity contribution >= 4 is 50.2 Å². The minimum absolute atomic E-state index is 0.0867. The number of aryl methyl sites for hydroxylation is 1. The first-order chi connectivity index (χ1) is 14.0. The molecule has 146 valence electrons. The first-order valence-corrected chi connectivity index (χ1v) is 9.97. The van der Waals surface area contributed by atoms with Crippen molar-refractivity contribution in [3.8, 4) is 11.4 Å². The fourth-order valence-electron chi connectivity index (χ4n) is 2.76. The predicted octanol–water partition coefficient (Wildman–Crippen LogP) is 5.16. The molecule has 0 aliphatic carbocycles. The molecule has 1 amide bonds. The SMILES string of the molecule is Cc1cc2nn(-c3ccc(Cl)cc3)nc2cc1NC(=O)COc1ccc(Br)cc1. The Morgan fingerprint density at radius 1 is 1.07 bits per heavy atom. The Labute approximate surface area is 180 Å². The third-order valence-electron chi connectivity index (χ3n) is 4.24. The van der Waals surface area contributed by atoms with E-state index < -0.39 is 0 Å². The van der Waals surface area contributed by atoms with Crippen molar-refractivity contribution in [3.05, 3.63) is 75.7 Å². The maximum Gasteiger partial charge on any atom is 0.262 e. The summed E-state index contributed by atoms with van der Waals surface area (Å²) in [5.74, 6) is 0.377. The average molecular weight is 472 g/mol. The van der Waals surface area contributed by atoms with Crippen LogP contribution in [0.2, 0.25) is 5.02 Å². The summed E-state index contributed by atoms with van der Waals surface area (Å²) in [5, 5.41) is 12.5. The van der Waals surface area contributed by atoms with Gasteiger partial charge in [0, 0.05) is 15.2 Å². The minimum Gasteiger partial charge on any atom is -0.484 e. The number of nitrogens with zero attached hydrogens (tertiary/aromatic N) is 3. The summed E-state index contributed by atoms with van der Waals surface area (Å²) in [5.41, 5.74) is 3.77. The van der Waals surface area contributed by atoms with Crippen molar-refractivity contribution in [1.82, 2.24) is 15.0 Å². The Bertz CT molecular complexity index is 1170. The molecule has 8 heteroatoms. The number of aromatic nitrogens is 3. The Morgan fingerprint density at radius 2 is 1.72 bits per heavy atom. The quantitative estimate of drug-likeness (QED) is 0.436. The van der Waals surface area contributed by atoms with E-state index in [0.29, 0.717) is 22.0 Å². The van der Waals surface area contributed by atoms with E-state index in [2.05, 4.69) is 31.4 Å². The van der Waals surface area contributed by atoms with Crippen LogP contribution >= 0.6 is 27.5 Å². The topological polar surface area (TPSA) is 69.0 Å². The van der Waals surface area contributed by atoms with Crippen molar-refractivity contribution in [3.63, 3.8) is 0 Å². The number of carbonyl (C=O) groups excluding carboxylic acids is 1. The van der Waals surface area contributed by atoms with E-state index >= 15 is 0 Å². The number of fused-ring (bicyclic) bond motifs is 1. The lowest BCUT2D eigenvalue weighted by Crippen LogP contribution is -2.20. The number of carbonyl (C=O) groups is 1. The van der Waals surface area contributed by atoms with Crippen LogP contribution < -0.4 is 10.1 Å². The zero-order valence-electron chi connectivity index (χ0n) is 15.4. The van der Waals surface area contributed by atoms with E-state index in [-0.39, 0.29) is 12.5 Å². The van der Waals surface area contributed by atoms with E-state index in [4.69, 9.17) is 16.3 Å². The average Bonchev–Trinajstić information content (AvgIpc) is 3.11. The van der Waals surface area contributed by atoms with Crippen LogP contribution in [0.5, 0.6) is 5.75 Å². The van der Waals surface area contributed by atoms with Gasteiger partial charge in [0.15, 0.2) is 6.61 Å². The van der Waals surface area contributed by atoms with Gasteiger partial charge >= 0.3 is 0 Å². The number of benzene rings is 3. The molecular weight excluding hydrogens is 456 g/mol. The number of amides is 1. The highest BCUT2D eigenvalue weighted by Crippen LogP contribution is 2.23. The summed E-state index contributed by atoms with van der Waals surface area (Å²) < 4.78 is 6.47.